The molecule has 0 saturated carbocycles. The maximum absolute atomic E-state index is 10.2. The van der Waals surface area contributed by atoms with E-state index in [9.17, 15) is 4.57 Å². The van der Waals surface area contributed by atoms with Crippen LogP contribution in [0.4, 0.5) is 0 Å². The highest BCUT2D eigenvalue weighted by atomic mass is 31.2. The van der Waals surface area contributed by atoms with Crippen LogP contribution in [-0.4, -0.2) is 14.5 Å². The van der Waals surface area contributed by atoms with E-state index in [0.29, 0.717) is 0 Å². The van der Waals surface area contributed by atoms with E-state index in [1.807, 2.05) is 0 Å². The third-order valence-corrected chi connectivity index (χ3v) is 1.18. The van der Waals surface area contributed by atoms with Gasteiger partial charge in [-0.15, -0.1) is 0 Å². The van der Waals surface area contributed by atoms with Gasteiger partial charge in [0.15, 0.2) is 0 Å². The Morgan fingerprint density at radius 1 is 1.30 bits per heavy atom. The molecule has 0 saturated heterocycles. The van der Waals surface area contributed by atoms with E-state index in [-0.39, 0.29) is 0 Å². The third kappa shape index (κ3) is 2.23. The van der Waals surface area contributed by atoms with Gasteiger partial charge in [-0.2, -0.15) is 4.73 Å². The molecule has 10 heavy (non-hydrogen) atoms. The summed E-state index contributed by atoms with van der Waals surface area (Å²) in [5, 5.41) is 0. The third-order valence-electron chi connectivity index (χ3n) is 0.778. The zero-order chi connectivity index (χ0) is 7.61. The molecule has 0 radical (unpaired) electrons. The van der Waals surface area contributed by atoms with E-state index < -0.39 is 7.82 Å². The zero-order valence-corrected chi connectivity index (χ0v) is 5.81. The van der Waals surface area contributed by atoms with Crippen molar-refractivity contribution in [3.63, 3.8) is 0 Å². The second-order valence-corrected chi connectivity index (χ2v) is 2.76. The molecule has 0 atom stereocenters. The molecule has 1 aromatic heterocycles. The Morgan fingerprint density at radius 3 is 2.20 bits per heavy atom. The predicted octanol–water partition coefficient (Wildman–Crippen LogP) is 0.00940. The molecule has 56 valence electrons. The minimum Gasteiger partial charge on any atom is -0.312 e. The van der Waals surface area contributed by atoms with E-state index in [1.165, 1.54) is 12.4 Å². The number of phosphoric acid groups is 1. The molecule has 0 unspecified atom stereocenters. The van der Waals surface area contributed by atoms with Gasteiger partial charge in [0.2, 0.25) is 0 Å². The number of nitrogens with zero attached hydrogens (tertiary/aromatic N) is 1. The summed E-state index contributed by atoms with van der Waals surface area (Å²) in [6.45, 7) is 0. The van der Waals surface area contributed by atoms with Gasteiger partial charge in [0.05, 0.1) is 0 Å². The Balaban J connectivity index is 2.66. The zero-order valence-electron chi connectivity index (χ0n) is 4.91. The van der Waals surface area contributed by atoms with Crippen molar-refractivity contribution in [1.29, 1.82) is 0 Å². The summed E-state index contributed by atoms with van der Waals surface area (Å²) in [6.07, 6.45) is 2.78. The minimum atomic E-state index is -4.39. The fourth-order valence-corrected chi connectivity index (χ4v) is 0.850. The van der Waals surface area contributed by atoms with Crippen LogP contribution in [-0.2, 0) is 4.57 Å². The molecular weight excluding hydrogens is 157 g/mol. The lowest BCUT2D eigenvalue weighted by Crippen LogP contribution is -2.04. The van der Waals surface area contributed by atoms with Gasteiger partial charge in [-0.1, -0.05) is 0 Å². The van der Waals surface area contributed by atoms with Crippen LogP contribution in [0.2, 0.25) is 0 Å². The van der Waals surface area contributed by atoms with Crippen LogP contribution in [0.1, 0.15) is 0 Å². The highest BCUT2D eigenvalue weighted by Gasteiger charge is 2.14. The monoisotopic (exact) mass is 163 g/mol. The van der Waals surface area contributed by atoms with Crippen molar-refractivity contribution in [3.05, 3.63) is 24.5 Å². The van der Waals surface area contributed by atoms with Gasteiger partial charge in [0.1, 0.15) is 0 Å². The molecule has 5 nitrogen and oxygen atoms in total. The first-order valence-electron chi connectivity index (χ1n) is 2.46. The molecule has 1 heterocycles. The van der Waals surface area contributed by atoms with Crippen molar-refractivity contribution in [2.24, 2.45) is 0 Å². The van der Waals surface area contributed by atoms with Crippen LogP contribution in [0.5, 0.6) is 0 Å². The second kappa shape index (κ2) is 2.46. The van der Waals surface area contributed by atoms with E-state index in [4.69, 9.17) is 9.79 Å². The fraction of sp³-hybridized carbons (Fsp3) is 0. The number of aromatic nitrogens is 1. The Kier molecular flexibility index (Phi) is 1.80. The number of rotatable bonds is 2. The lowest BCUT2D eigenvalue weighted by Gasteiger charge is -2.04. The summed E-state index contributed by atoms with van der Waals surface area (Å²) in [7, 11) is -4.39. The molecule has 0 aliphatic heterocycles. The standard InChI is InChI=1S/C4H6NO4P/c6-10(7,8)9-5-3-1-2-4-5/h1-4H,(H2,6,7,8). The predicted molar refractivity (Wildman–Crippen MR) is 33.1 cm³/mol. The molecule has 1 rings (SSSR count). The molecule has 0 amide bonds. The summed E-state index contributed by atoms with van der Waals surface area (Å²) >= 11 is 0. The molecule has 0 aromatic carbocycles. The Bertz CT molecular complexity index is 238. The molecule has 0 aliphatic carbocycles. The van der Waals surface area contributed by atoms with Gasteiger partial charge in [-0.25, -0.2) is 4.57 Å². The molecule has 2 N–H and O–H groups in total. The van der Waals surface area contributed by atoms with Crippen molar-refractivity contribution in [1.82, 2.24) is 4.73 Å². The van der Waals surface area contributed by atoms with Crippen LogP contribution in [0, 0.1) is 0 Å². The van der Waals surface area contributed by atoms with Crippen LogP contribution in [0.3, 0.4) is 0 Å². The number of hydrogen-bond acceptors (Lipinski definition) is 2. The van der Waals surface area contributed by atoms with Crippen molar-refractivity contribution in [2.75, 3.05) is 0 Å². The topological polar surface area (TPSA) is 71.7 Å². The summed E-state index contributed by atoms with van der Waals surface area (Å²) < 4.78 is 15.2. The SMILES string of the molecule is O=P(O)(O)On1cccc1. The first-order valence-corrected chi connectivity index (χ1v) is 3.99. The van der Waals surface area contributed by atoms with Crippen LogP contribution in [0.25, 0.3) is 0 Å². The van der Waals surface area contributed by atoms with E-state index in [1.54, 1.807) is 12.1 Å². The smallest absolute Gasteiger partial charge is 0.312 e. The molecule has 1 aromatic rings. The lowest BCUT2D eigenvalue weighted by molar-refractivity contribution is 0.178. The largest absolute Gasteiger partial charge is 0.543 e. The summed E-state index contributed by atoms with van der Waals surface area (Å²) in [4.78, 5) is 16.5. The van der Waals surface area contributed by atoms with Crippen LogP contribution < -0.4 is 4.62 Å². The van der Waals surface area contributed by atoms with Crippen molar-refractivity contribution in [3.8, 4) is 0 Å². The minimum absolute atomic E-state index is 0.945. The van der Waals surface area contributed by atoms with Crippen molar-refractivity contribution >= 4 is 7.82 Å². The summed E-state index contributed by atoms with van der Waals surface area (Å²) in [5.41, 5.74) is 0. The van der Waals surface area contributed by atoms with Crippen molar-refractivity contribution in [2.45, 2.75) is 0 Å². The Labute approximate surface area is 57.1 Å². The highest BCUT2D eigenvalue weighted by molar-refractivity contribution is 7.46. The highest BCUT2D eigenvalue weighted by Crippen LogP contribution is 2.30. The molecule has 6 heteroatoms. The maximum Gasteiger partial charge on any atom is 0.543 e. The van der Waals surface area contributed by atoms with Gasteiger partial charge in [-0.3, -0.25) is 9.79 Å². The van der Waals surface area contributed by atoms with Crippen LogP contribution in [0.15, 0.2) is 24.5 Å². The normalized spacial score (nSPS) is 11.4. The average molecular weight is 163 g/mol. The van der Waals surface area contributed by atoms with Gasteiger partial charge >= 0.3 is 7.82 Å². The van der Waals surface area contributed by atoms with Gasteiger partial charge in [0.25, 0.3) is 0 Å². The first-order chi connectivity index (χ1) is 4.58. The van der Waals surface area contributed by atoms with Gasteiger partial charge < -0.3 is 4.62 Å². The Morgan fingerprint density at radius 2 is 1.80 bits per heavy atom. The van der Waals surface area contributed by atoms with Crippen LogP contribution >= 0.6 is 7.82 Å². The molecular formula is C4H6NO4P. The maximum atomic E-state index is 10.2. The lowest BCUT2D eigenvalue weighted by atomic mass is 10.7. The average Bonchev–Trinajstić information content (AvgIpc) is 2.12. The molecule has 0 fully saturated rings. The number of hydrogen-bond donors (Lipinski definition) is 2. The second-order valence-electron chi connectivity index (χ2n) is 1.62. The van der Waals surface area contributed by atoms with E-state index in [2.05, 4.69) is 4.62 Å². The van der Waals surface area contributed by atoms with E-state index in [0.717, 1.165) is 4.73 Å². The van der Waals surface area contributed by atoms with E-state index >= 15 is 0 Å². The first kappa shape index (κ1) is 7.34. The molecule has 0 bridgehead atoms. The fourth-order valence-electron chi connectivity index (χ4n) is 0.496. The molecule has 0 spiro atoms. The summed E-state index contributed by atoms with van der Waals surface area (Å²) in [5.74, 6) is 0. The summed E-state index contributed by atoms with van der Waals surface area (Å²) in [6, 6.07) is 3.19. The van der Waals surface area contributed by atoms with Gasteiger partial charge in [0, 0.05) is 12.4 Å². The van der Waals surface area contributed by atoms with Gasteiger partial charge in [-0.05, 0) is 12.1 Å². The quantitative estimate of drug-likeness (QED) is 0.602. The molecule has 0 aliphatic rings. The van der Waals surface area contributed by atoms with Crippen molar-refractivity contribution < 1.29 is 19.0 Å². The Hall–Kier alpha value is -0.770.